The first kappa shape index (κ1) is 18.5. The number of carbonyl (C=O) groups excluding carboxylic acids is 1. The number of halogens is 3. The average molecular weight is 397 g/mol. The van der Waals surface area contributed by atoms with E-state index in [1.54, 1.807) is 48.7 Å². The van der Waals surface area contributed by atoms with E-state index in [0.717, 1.165) is 12.1 Å². The molecule has 0 aliphatic rings. The van der Waals surface area contributed by atoms with Crippen LogP contribution in [0, 0.1) is 0 Å². The largest absolute Gasteiger partial charge is 0.416 e. The lowest BCUT2D eigenvalue weighted by Gasteiger charge is -2.09. The number of pyridine rings is 1. The molecule has 0 saturated carbocycles. The number of nitrogens with one attached hydrogen (secondary N) is 1. The van der Waals surface area contributed by atoms with Gasteiger partial charge in [-0.2, -0.15) is 18.2 Å². The molecule has 0 bridgehead atoms. The minimum atomic E-state index is -4.43. The summed E-state index contributed by atoms with van der Waals surface area (Å²) in [6.07, 6.45) is -2.78. The number of hydrogen-bond donors (Lipinski definition) is 2. The molecule has 0 atom stereocenters. The molecular weight excluding hydrogens is 383 g/mol. The minimum Gasteiger partial charge on any atom is -0.366 e. The van der Waals surface area contributed by atoms with Crippen LogP contribution in [-0.2, 0) is 6.18 Å². The molecule has 0 saturated heterocycles. The first-order chi connectivity index (χ1) is 13.8. The zero-order chi connectivity index (χ0) is 20.6. The van der Waals surface area contributed by atoms with Gasteiger partial charge in [0.25, 0.3) is 0 Å². The van der Waals surface area contributed by atoms with Crippen LogP contribution in [0.5, 0.6) is 0 Å². The molecule has 146 valence electrons. The van der Waals surface area contributed by atoms with Crippen molar-refractivity contribution >= 4 is 23.2 Å². The molecule has 2 aromatic carbocycles. The minimum absolute atomic E-state index is 0.260. The Morgan fingerprint density at radius 2 is 1.79 bits per heavy atom. The number of anilines is 2. The summed E-state index contributed by atoms with van der Waals surface area (Å²) >= 11 is 0. The van der Waals surface area contributed by atoms with Crippen LogP contribution in [0.4, 0.5) is 24.8 Å². The fourth-order valence-corrected chi connectivity index (χ4v) is 2.89. The van der Waals surface area contributed by atoms with Crippen molar-refractivity contribution < 1.29 is 18.0 Å². The Labute approximate surface area is 162 Å². The highest BCUT2D eigenvalue weighted by Crippen LogP contribution is 2.33. The van der Waals surface area contributed by atoms with Crippen LogP contribution in [0.3, 0.4) is 0 Å². The molecule has 0 unspecified atom stereocenters. The topological polar surface area (TPSA) is 85.3 Å². The molecule has 3 N–H and O–H groups in total. The van der Waals surface area contributed by atoms with Gasteiger partial charge >= 0.3 is 6.18 Å². The van der Waals surface area contributed by atoms with Crippen molar-refractivity contribution in [3.8, 4) is 11.1 Å². The van der Waals surface area contributed by atoms with Crippen LogP contribution >= 0.6 is 0 Å². The molecule has 0 fully saturated rings. The SMILES string of the molecule is NC(=O)c1ccc(Nc2nc3c(-c4cccc(C(F)(F)F)c4)cccn3n2)cc1. The molecule has 2 aromatic heterocycles. The normalized spacial score (nSPS) is 11.6. The van der Waals surface area contributed by atoms with Gasteiger partial charge in [-0.3, -0.25) is 4.79 Å². The molecule has 0 aliphatic carbocycles. The second kappa shape index (κ2) is 6.93. The standard InChI is InChI=1S/C20H14F3N5O/c21-20(22,23)14-4-1-3-13(11-14)16-5-2-10-28-18(16)26-19(27-28)25-15-8-6-12(7-9-15)17(24)29/h1-11H,(H2,24,29)(H,25,27). The molecule has 4 aromatic rings. The number of carbonyl (C=O) groups is 1. The van der Waals surface area contributed by atoms with E-state index in [1.807, 2.05) is 0 Å². The van der Waals surface area contributed by atoms with Gasteiger partial charge in [-0.1, -0.05) is 12.1 Å². The number of benzene rings is 2. The molecule has 2 heterocycles. The Bertz CT molecular complexity index is 1200. The molecule has 0 aliphatic heterocycles. The van der Waals surface area contributed by atoms with Crippen molar-refractivity contribution in [1.82, 2.24) is 14.6 Å². The van der Waals surface area contributed by atoms with E-state index in [0.29, 0.717) is 28.0 Å². The monoisotopic (exact) mass is 397 g/mol. The van der Waals surface area contributed by atoms with Gasteiger partial charge in [0, 0.05) is 23.0 Å². The number of alkyl halides is 3. The van der Waals surface area contributed by atoms with E-state index in [9.17, 15) is 18.0 Å². The number of amides is 1. The highest BCUT2D eigenvalue weighted by atomic mass is 19.4. The highest BCUT2D eigenvalue weighted by molar-refractivity contribution is 5.93. The molecule has 6 nitrogen and oxygen atoms in total. The van der Waals surface area contributed by atoms with Crippen LogP contribution in [0.2, 0.25) is 0 Å². The Balaban J connectivity index is 1.70. The Kier molecular flexibility index (Phi) is 4.42. The average Bonchev–Trinajstić information content (AvgIpc) is 3.10. The van der Waals surface area contributed by atoms with Crippen molar-refractivity contribution in [2.75, 3.05) is 5.32 Å². The van der Waals surface area contributed by atoms with E-state index in [-0.39, 0.29) is 5.95 Å². The number of rotatable bonds is 4. The summed E-state index contributed by atoms with van der Waals surface area (Å²) in [6, 6.07) is 14.9. The van der Waals surface area contributed by atoms with Crippen LogP contribution < -0.4 is 11.1 Å². The molecule has 4 rings (SSSR count). The number of primary amides is 1. The van der Waals surface area contributed by atoms with Gasteiger partial charge in [0.2, 0.25) is 11.9 Å². The fourth-order valence-electron chi connectivity index (χ4n) is 2.89. The lowest BCUT2D eigenvalue weighted by Crippen LogP contribution is -2.10. The van der Waals surface area contributed by atoms with Crippen LogP contribution in [0.1, 0.15) is 15.9 Å². The lowest BCUT2D eigenvalue weighted by molar-refractivity contribution is -0.137. The van der Waals surface area contributed by atoms with Gasteiger partial charge < -0.3 is 11.1 Å². The molecule has 0 spiro atoms. The number of fused-ring (bicyclic) bond motifs is 1. The maximum atomic E-state index is 13.1. The van der Waals surface area contributed by atoms with Gasteiger partial charge in [-0.25, -0.2) is 4.52 Å². The number of nitrogens with two attached hydrogens (primary N) is 1. The second-order valence-electron chi connectivity index (χ2n) is 6.27. The summed E-state index contributed by atoms with van der Waals surface area (Å²) < 4.78 is 40.6. The molecule has 9 heteroatoms. The van der Waals surface area contributed by atoms with Crippen molar-refractivity contribution in [3.63, 3.8) is 0 Å². The van der Waals surface area contributed by atoms with Gasteiger partial charge in [0.05, 0.1) is 5.56 Å². The van der Waals surface area contributed by atoms with E-state index < -0.39 is 17.6 Å². The van der Waals surface area contributed by atoms with E-state index in [4.69, 9.17) is 5.73 Å². The van der Waals surface area contributed by atoms with Crippen molar-refractivity contribution in [1.29, 1.82) is 0 Å². The maximum Gasteiger partial charge on any atom is 0.416 e. The molecular formula is C20H14F3N5O. The predicted molar refractivity (Wildman–Crippen MR) is 102 cm³/mol. The third kappa shape index (κ3) is 3.75. The van der Waals surface area contributed by atoms with Gasteiger partial charge in [0.1, 0.15) is 0 Å². The van der Waals surface area contributed by atoms with Gasteiger partial charge in [-0.05, 0) is 54.1 Å². The van der Waals surface area contributed by atoms with E-state index >= 15 is 0 Å². The number of nitrogens with zero attached hydrogens (tertiary/aromatic N) is 3. The summed E-state index contributed by atoms with van der Waals surface area (Å²) in [5.41, 5.74) is 6.79. The zero-order valence-corrected chi connectivity index (χ0v) is 14.8. The summed E-state index contributed by atoms with van der Waals surface area (Å²) in [5.74, 6) is -0.274. The van der Waals surface area contributed by atoms with E-state index in [1.165, 1.54) is 10.6 Å². The smallest absolute Gasteiger partial charge is 0.366 e. The number of hydrogen-bond acceptors (Lipinski definition) is 4. The summed E-state index contributed by atoms with van der Waals surface area (Å²) in [4.78, 5) is 15.6. The Morgan fingerprint density at radius 1 is 1.03 bits per heavy atom. The second-order valence-corrected chi connectivity index (χ2v) is 6.27. The maximum absolute atomic E-state index is 13.1. The zero-order valence-electron chi connectivity index (χ0n) is 14.8. The summed E-state index contributed by atoms with van der Waals surface area (Å²) in [6.45, 7) is 0. The summed E-state index contributed by atoms with van der Waals surface area (Å²) in [5, 5.41) is 7.30. The molecule has 1 amide bonds. The van der Waals surface area contributed by atoms with Crippen LogP contribution in [0.15, 0.2) is 66.9 Å². The quantitative estimate of drug-likeness (QED) is 0.539. The van der Waals surface area contributed by atoms with Crippen LogP contribution in [0.25, 0.3) is 16.8 Å². The predicted octanol–water partition coefficient (Wildman–Crippen LogP) is 4.26. The van der Waals surface area contributed by atoms with Crippen molar-refractivity contribution in [3.05, 3.63) is 78.0 Å². The lowest BCUT2D eigenvalue weighted by atomic mass is 10.0. The van der Waals surface area contributed by atoms with Crippen molar-refractivity contribution in [2.45, 2.75) is 6.18 Å². The third-order valence-electron chi connectivity index (χ3n) is 4.29. The van der Waals surface area contributed by atoms with Crippen molar-refractivity contribution in [2.24, 2.45) is 5.73 Å². The first-order valence-corrected chi connectivity index (χ1v) is 8.51. The van der Waals surface area contributed by atoms with Gasteiger partial charge in [-0.15, -0.1) is 5.10 Å². The molecule has 0 radical (unpaired) electrons. The van der Waals surface area contributed by atoms with E-state index in [2.05, 4.69) is 15.4 Å². The number of aromatic nitrogens is 3. The Hall–Kier alpha value is -3.88. The fraction of sp³-hybridized carbons (Fsp3) is 0.0500. The Morgan fingerprint density at radius 3 is 2.48 bits per heavy atom. The van der Waals surface area contributed by atoms with Gasteiger partial charge in [0.15, 0.2) is 5.65 Å². The summed E-state index contributed by atoms with van der Waals surface area (Å²) in [7, 11) is 0. The third-order valence-corrected chi connectivity index (χ3v) is 4.29. The highest BCUT2D eigenvalue weighted by Gasteiger charge is 2.30. The molecule has 29 heavy (non-hydrogen) atoms. The first-order valence-electron chi connectivity index (χ1n) is 8.51. The van der Waals surface area contributed by atoms with Crippen LogP contribution in [-0.4, -0.2) is 20.5 Å².